The van der Waals surface area contributed by atoms with Gasteiger partial charge in [-0.15, -0.1) is 0 Å². The van der Waals surface area contributed by atoms with Gasteiger partial charge in [-0.2, -0.15) is 0 Å². The van der Waals surface area contributed by atoms with E-state index in [1.807, 2.05) is 6.20 Å². The zero-order valence-electron chi connectivity index (χ0n) is 14.0. The zero-order valence-corrected chi connectivity index (χ0v) is 14.0. The Morgan fingerprint density at radius 2 is 1.95 bits per heavy atom. The Kier molecular flexibility index (Phi) is 4.94. The van der Waals surface area contributed by atoms with Gasteiger partial charge in [0, 0.05) is 32.5 Å². The monoisotopic (exact) mass is 296 g/mol. The highest BCUT2D eigenvalue weighted by atomic mass is 16.5. The van der Waals surface area contributed by atoms with Crippen LogP contribution in [0.2, 0.25) is 0 Å². The van der Waals surface area contributed by atoms with Crippen molar-refractivity contribution in [3.05, 3.63) is 12.0 Å². The van der Waals surface area contributed by atoms with Gasteiger partial charge in [0.2, 0.25) is 0 Å². The molecule has 0 saturated carbocycles. The summed E-state index contributed by atoms with van der Waals surface area (Å²) in [6.45, 7) is 12.0. The Morgan fingerprint density at radius 3 is 2.48 bits per heavy atom. The maximum atomic E-state index is 6.13. The Balaban J connectivity index is 2.10. The first-order chi connectivity index (χ1) is 9.78. The molecule has 1 aliphatic rings. The van der Waals surface area contributed by atoms with E-state index in [4.69, 9.17) is 13.9 Å². The Bertz CT molecular complexity index is 451. The van der Waals surface area contributed by atoms with Crippen molar-refractivity contribution < 1.29 is 13.9 Å². The van der Waals surface area contributed by atoms with Crippen molar-refractivity contribution in [1.82, 2.24) is 4.98 Å². The summed E-state index contributed by atoms with van der Waals surface area (Å²) < 4.78 is 17.5. The molecule has 0 amide bonds. The van der Waals surface area contributed by atoms with Crippen LogP contribution in [0.4, 0.5) is 6.01 Å². The highest BCUT2D eigenvalue weighted by Crippen LogP contribution is 2.27. The first-order valence-electron chi connectivity index (χ1n) is 7.69. The molecule has 1 aromatic heterocycles. The first kappa shape index (κ1) is 16.3. The number of piperidine rings is 1. The van der Waals surface area contributed by atoms with E-state index in [-0.39, 0.29) is 17.8 Å². The number of methoxy groups -OCH3 is 1. The second-order valence-electron chi connectivity index (χ2n) is 7.05. The molecule has 1 aliphatic heterocycles. The van der Waals surface area contributed by atoms with Crippen molar-refractivity contribution in [3.8, 4) is 0 Å². The molecule has 5 heteroatoms. The standard InChI is InChI=1S/C16H28N2O3/c1-11(2)14-8-17-15(20-14)18-9-12(19-6)7-13(10-18)21-16(3,4)5/h8,11-13H,7,9-10H2,1-6H3/t12-,13+/m0/s1. The van der Waals surface area contributed by atoms with Gasteiger partial charge in [-0.1, -0.05) is 13.8 Å². The largest absolute Gasteiger partial charge is 0.428 e. The fourth-order valence-electron chi connectivity index (χ4n) is 2.61. The normalized spacial score (nSPS) is 23.9. The third kappa shape index (κ3) is 4.45. The summed E-state index contributed by atoms with van der Waals surface area (Å²) in [6.07, 6.45) is 2.98. The number of ether oxygens (including phenoxy) is 2. The van der Waals surface area contributed by atoms with E-state index in [0.717, 1.165) is 25.3 Å². The molecule has 21 heavy (non-hydrogen) atoms. The molecule has 2 heterocycles. The SMILES string of the molecule is CO[C@H]1C[C@@H](OC(C)(C)C)CN(c2ncc(C(C)C)o2)C1. The molecule has 0 radical (unpaired) electrons. The molecule has 0 N–H and O–H groups in total. The summed E-state index contributed by atoms with van der Waals surface area (Å²) in [5.74, 6) is 1.26. The van der Waals surface area contributed by atoms with Crippen LogP contribution in [0.5, 0.6) is 0 Å². The van der Waals surface area contributed by atoms with Gasteiger partial charge in [0.25, 0.3) is 6.01 Å². The zero-order chi connectivity index (χ0) is 15.6. The van der Waals surface area contributed by atoms with Crippen LogP contribution < -0.4 is 4.90 Å². The van der Waals surface area contributed by atoms with E-state index in [9.17, 15) is 0 Å². The first-order valence-corrected chi connectivity index (χ1v) is 7.69. The molecule has 2 rings (SSSR count). The summed E-state index contributed by atoms with van der Waals surface area (Å²) in [6, 6.07) is 0.669. The molecular weight excluding hydrogens is 268 g/mol. The fourth-order valence-corrected chi connectivity index (χ4v) is 2.61. The van der Waals surface area contributed by atoms with E-state index in [0.29, 0.717) is 11.9 Å². The van der Waals surface area contributed by atoms with Crippen LogP contribution in [0.1, 0.15) is 52.7 Å². The van der Waals surface area contributed by atoms with Crippen molar-refractivity contribution in [3.63, 3.8) is 0 Å². The smallest absolute Gasteiger partial charge is 0.297 e. The summed E-state index contributed by atoms with van der Waals surface area (Å²) in [4.78, 5) is 6.53. The predicted octanol–water partition coefficient (Wildman–Crippen LogP) is 3.21. The summed E-state index contributed by atoms with van der Waals surface area (Å²) in [5.41, 5.74) is -0.161. The highest BCUT2D eigenvalue weighted by Gasteiger charge is 2.32. The minimum absolute atomic E-state index is 0.123. The maximum Gasteiger partial charge on any atom is 0.297 e. The van der Waals surface area contributed by atoms with Crippen LogP contribution in [-0.2, 0) is 9.47 Å². The molecule has 0 aliphatic carbocycles. The van der Waals surface area contributed by atoms with Crippen molar-refractivity contribution in [2.24, 2.45) is 0 Å². The quantitative estimate of drug-likeness (QED) is 0.854. The van der Waals surface area contributed by atoms with Crippen LogP contribution in [0, 0.1) is 0 Å². The van der Waals surface area contributed by atoms with Crippen molar-refractivity contribution >= 4 is 6.01 Å². The molecule has 2 atom stereocenters. The Labute approximate surface area is 127 Å². The van der Waals surface area contributed by atoms with E-state index in [2.05, 4.69) is 44.5 Å². The number of rotatable bonds is 4. The summed E-state index contributed by atoms with van der Waals surface area (Å²) in [5, 5.41) is 0. The molecule has 1 saturated heterocycles. The Hall–Kier alpha value is -1.07. The van der Waals surface area contributed by atoms with Gasteiger partial charge in [-0.3, -0.25) is 0 Å². The van der Waals surface area contributed by atoms with Gasteiger partial charge in [0.1, 0.15) is 5.76 Å². The lowest BCUT2D eigenvalue weighted by Crippen LogP contribution is -2.49. The van der Waals surface area contributed by atoms with Crippen LogP contribution in [-0.4, -0.2) is 43.0 Å². The van der Waals surface area contributed by atoms with Gasteiger partial charge in [-0.25, -0.2) is 4.98 Å². The van der Waals surface area contributed by atoms with E-state index in [1.54, 1.807) is 7.11 Å². The third-order valence-electron chi connectivity index (χ3n) is 3.58. The van der Waals surface area contributed by atoms with Gasteiger partial charge < -0.3 is 18.8 Å². The number of hydrogen-bond donors (Lipinski definition) is 0. The van der Waals surface area contributed by atoms with Gasteiger partial charge in [-0.05, 0) is 20.8 Å². The molecule has 1 fully saturated rings. The van der Waals surface area contributed by atoms with Crippen LogP contribution in [0.15, 0.2) is 10.6 Å². The number of oxazole rings is 1. The van der Waals surface area contributed by atoms with Gasteiger partial charge in [0.05, 0.1) is 24.0 Å². The fraction of sp³-hybridized carbons (Fsp3) is 0.812. The van der Waals surface area contributed by atoms with Gasteiger partial charge >= 0.3 is 0 Å². The lowest BCUT2D eigenvalue weighted by atomic mass is 10.0. The number of aromatic nitrogens is 1. The number of nitrogens with zero attached hydrogens (tertiary/aromatic N) is 2. The van der Waals surface area contributed by atoms with E-state index < -0.39 is 0 Å². The van der Waals surface area contributed by atoms with E-state index in [1.165, 1.54) is 0 Å². The molecule has 5 nitrogen and oxygen atoms in total. The molecule has 0 unspecified atom stereocenters. The summed E-state index contributed by atoms with van der Waals surface area (Å²) in [7, 11) is 1.75. The van der Waals surface area contributed by atoms with Crippen LogP contribution in [0.3, 0.4) is 0 Å². The van der Waals surface area contributed by atoms with Crippen molar-refractivity contribution in [2.75, 3.05) is 25.1 Å². The molecule has 120 valence electrons. The lowest BCUT2D eigenvalue weighted by molar-refractivity contribution is -0.0854. The molecule has 1 aromatic rings. The molecule has 0 aromatic carbocycles. The number of anilines is 1. The lowest BCUT2D eigenvalue weighted by Gasteiger charge is -2.38. The second-order valence-corrected chi connectivity index (χ2v) is 7.05. The molecule has 0 spiro atoms. The van der Waals surface area contributed by atoms with E-state index >= 15 is 0 Å². The third-order valence-corrected chi connectivity index (χ3v) is 3.58. The van der Waals surface area contributed by atoms with Crippen LogP contribution >= 0.6 is 0 Å². The van der Waals surface area contributed by atoms with Crippen molar-refractivity contribution in [2.45, 2.75) is 64.8 Å². The van der Waals surface area contributed by atoms with Crippen LogP contribution in [0.25, 0.3) is 0 Å². The maximum absolute atomic E-state index is 6.13. The molecular formula is C16H28N2O3. The Morgan fingerprint density at radius 1 is 1.29 bits per heavy atom. The average Bonchev–Trinajstić information content (AvgIpc) is 2.86. The highest BCUT2D eigenvalue weighted by molar-refractivity contribution is 5.29. The minimum Gasteiger partial charge on any atom is -0.428 e. The molecule has 0 bridgehead atoms. The average molecular weight is 296 g/mol. The van der Waals surface area contributed by atoms with Gasteiger partial charge in [0.15, 0.2) is 0 Å². The summed E-state index contributed by atoms with van der Waals surface area (Å²) >= 11 is 0. The predicted molar refractivity (Wildman–Crippen MR) is 82.8 cm³/mol. The number of hydrogen-bond acceptors (Lipinski definition) is 5. The topological polar surface area (TPSA) is 47.7 Å². The minimum atomic E-state index is -0.161. The van der Waals surface area contributed by atoms with Crippen molar-refractivity contribution in [1.29, 1.82) is 0 Å². The second kappa shape index (κ2) is 6.36.